The van der Waals surface area contributed by atoms with E-state index in [2.05, 4.69) is 34.4 Å². The predicted octanol–water partition coefficient (Wildman–Crippen LogP) is 4.26. The lowest BCUT2D eigenvalue weighted by molar-refractivity contribution is 0.300. The topological polar surface area (TPSA) is 3.24 Å². The third-order valence-electron chi connectivity index (χ3n) is 4.22. The van der Waals surface area contributed by atoms with Gasteiger partial charge in [0.15, 0.2) is 0 Å². The zero-order chi connectivity index (χ0) is 12.2. The number of halogens is 4. The molecule has 3 unspecified atom stereocenters. The van der Waals surface area contributed by atoms with Gasteiger partial charge >= 0.3 is 0 Å². The Labute approximate surface area is 132 Å². The number of benzene rings is 1. The molecule has 100 valence electrons. The maximum Gasteiger partial charge on any atom is 0.141 e. The van der Waals surface area contributed by atoms with Gasteiger partial charge in [0.2, 0.25) is 0 Å². The molecule has 2 fully saturated rings. The van der Waals surface area contributed by atoms with Gasteiger partial charge in [-0.3, -0.25) is 4.90 Å². The molecule has 1 heterocycles. The number of likely N-dealkylation sites (N-methyl/N-ethyl adjacent to an activating group) is 1. The average molecular weight is 402 g/mol. The fourth-order valence-electron chi connectivity index (χ4n) is 3.14. The number of hydrogen-bond acceptors (Lipinski definition) is 1. The average Bonchev–Trinajstić information content (AvgIpc) is 2.98. The predicted molar refractivity (Wildman–Crippen MR) is 83.5 cm³/mol. The van der Waals surface area contributed by atoms with Crippen LogP contribution in [-0.4, -0.2) is 22.0 Å². The molecule has 1 nitrogen and oxygen atoms in total. The Hall–Kier alpha value is 0.420. The molecule has 1 saturated heterocycles. The third kappa shape index (κ3) is 1.98. The maximum absolute atomic E-state index is 13.2. The van der Waals surface area contributed by atoms with Gasteiger partial charge in [0.1, 0.15) is 5.82 Å². The lowest BCUT2D eigenvalue weighted by atomic mass is 9.95. The molecule has 2 aliphatic rings. The molecule has 0 radical (unpaired) electrons. The second-order valence-electron chi connectivity index (χ2n) is 4.99. The van der Waals surface area contributed by atoms with Crippen LogP contribution in [0.3, 0.4) is 0 Å². The molecule has 3 rings (SSSR count). The summed E-state index contributed by atoms with van der Waals surface area (Å²) >= 11 is 8.43. The van der Waals surface area contributed by atoms with E-state index in [4.69, 9.17) is 11.6 Å². The smallest absolute Gasteiger partial charge is 0.141 e. The second kappa shape index (κ2) is 5.08. The van der Waals surface area contributed by atoms with E-state index in [-0.39, 0.29) is 28.7 Å². The standard InChI is InChI=1S/C13H14ClFIN.ClH/c1-2-17-7-9-6-13(9,12(17)16)8-3-4-11(15)10(14)5-8;/h3-5,9,12H,2,6-7H2,1H3;1H. The third-order valence-corrected chi connectivity index (χ3v) is 6.41. The van der Waals surface area contributed by atoms with Crippen molar-refractivity contribution in [1.82, 2.24) is 4.90 Å². The Morgan fingerprint density at radius 1 is 1.56 bits per heavy atom. The maximum atomic E-state index is 13.2. The van der Waals surface area contributed by atoms with Gasteiger partial charge in [0.25, 0.3) is 0 Å². The van der Waals surface area contributed by atoms with E-state index in [9.17, 15) is 4.39 Å². The van der Waals surface area contributed by atoms with Crippen molar-refractivity contribution in [1.29, 1.82) is 0 Å². The van der Waals surface area contributed by atoms with Crippen LogP contribution in [0.4, 0.5) is 4.39 Å². The first-order valence-electron chi connectivity index (χ1n) is 5.93. The van der Waals surface area contributed by atoms with Gasteiger partial charge in [-0.1, -0.05) is 47.2 Å². The molecule has 0 N–H and O–H groups in total. The molecule has 1 saturated carbocycles. The van der Waals surface area contributed by atoms with Crippen molar-refractivity contribution < 1.29 is 4.39 Å². The zero-order valence-corrected chi connectivity index (χ0v) is 13.7. The van der Waals surface area contributed by atoms with Gasteiger partial charge in [-0.05, 0) is 36.6 Å². The van der Waals surface area contributed by atoms with E-state index in [1.807, 2.05) is 12.1 Å². The highest BCUT2D eigenvalue weighted by Gasteiger charge is 2.65. The Kier molecular flexibility index (Phi) is 4.18. The molecular weight excluding hydrogens is 387 g/mol. The quantitative estimate of drug-likeness (QED) is 0.406. The van der Waals surface area contributed by atoms with E-state index in [1.54, 1.807) is 0 Å². The van der Waals surface area contributed by atoms with E-state index in [1.165, 1.54) is 24.6 Å². The van der Waals surface area contributed by atoms with Crippen LogP contribution in [0.5, 0.6) is 0 Å². The number of rotatable bonds is 2. The number of piperidine rings is 1. The minimum atomic E-state index is -0.320. The Morgan fingerprint density at radius 3 is 2.83 bits per heavy atom. The summed E-state index contributed by atoms with van der Waals surface area (Å²) in [6, 6.07) is 5.23. The summed E-state index contributed by atoms with van der Waals surface area (Å²) in [6.45, 7) is 4.45. The van der Waals surface area contributed by atoms with Gasteiger partial charge in [-0.2, -0.15) is 0 Å². The lowest BCUT2D eigenvalue weighted by Gasteiger charge is -2.26. The second-order valence-corrected chi connectivity index (χ2v) is 6.58. The van der Waals surface area contributed by atoms with Crippen molar-refractivity contribution >= 4 is 46.6 Å². The summed E-state index contributed by atoms with van der Waals surface area (Å²) in [5, 5.41) is 0.251. The summed E-state index contributed by atoms with van der Waals surface area (Å²) in [7, 11) is 0. The van der Waals surface area contributed by atoms with E-state index < -0.39 is 0 Å². The molecule has 5 heteroatoms. The highest BCUT2D eigenvalue weighted by molar-refractivity contribution is 14.1. The monoisotopic (exact) mass is 401 g/mol. The molecule has 0 bridgehead atoms. The molecule has 1 aromatic rings. The number of likely N-dealkylation sites (tertiary alicyclic amines) is 1. The molecule has 1 aromatic carbocycles. The Morgan fingerprint density at radius 2 is 2.28 bits per heavy atom. The number of fused-ring (bicyclic) bond motifs is 1. The van der Waals surface area contributed by atoms with Crippen LogP contribution in [0.1, 0.15) is 18.9 Å². The number of alkyl halides is 1. The molecule has 1 aliphatic carbocycles. The van der Waals surface area contributed by atoms with Crippen LogP contribution in [0.2, 0.25) is 5.02 Å². The molecule has 0 amide bonds. The molecule has 3 atom stereocenters. The minimum absolute atomic E-state index is 0. The molecule has 0 spiro atoms. The van der Waals surface area contributed by atoms with Gasteiger partial charge in [0.05, 0.1) is 9.07 Å². The van der Waals surface area contributed by atoms with Crippen molar-refractivity contribution in [2.45, 2.75) is 22.8 Å². The van der Waals surface area contributed by atoms with Crippen LogP contribution in [-0.2, 0) is 5.41 Å². The molecule has 1 aliphatic heterocycles. The minimum Gasteiger partial charge on any atom is -0.291 e. The van der Waals surface area contributed by atoms with Crippen LogP contribution in [0, 0.1) is 11.7 Å². The normalized spacial score (nSPS) is 34.0. The van der Waals surface area contributed by atoms with Gasteiger partial charge in [-0.25, -0.2) is 4.39 Å². The number of hydrogen-bond donors (Lipinski definition) is 0. The highest BCUT2D eigenvalue weighted by atomic mass is 127. The van der Waals surface area contributed by atoms with Crippen LogP contribution >= 0.6 is 46.6 Å². The first-order valence-corrected chi connectivity index (χ1v) is 7.55. The summed E-state index contributed by atoms with van der Waals surface area (Å²) in [6.07, 6.45) is 1.22. The zero-order valence-electron chi connectivity index (χ0n) is 10.00. The number of nitrogens with zero attached hydrogens (tertiary/aromatic N) is 1. The van der Waals surface area contributed by atoms with E-state index in [0.717, 1.165) is 12.5 Å². The van der Waals surface area contributed by atoms with Crippen molar-refractivity contribution in [3.8, 4) is 0 Å². The van der Waals surface area contributed by atoms with Crippen LogP contribution in [0.15, 0.2) is 18.2 Å². The highest BCUT2D eigenvalue weighted by Crippen LogP contribution is 2.64. The fraction of sp³-hybridized carbons (Fsp3) is 0.538. The summed E-state index contributed by atoms with van der Waals surface area (Å²) < 4.78 is 13.7. The first kappa shape index (κ1) is 14.8. The fourth-order valence-corrected chi connectivity index (χ4v) is 5.06. The van der Waals surface area contributed by atoms with Crippen LogP contribution in [0.25, 0.3) is 0 Å². The molecule has 18 heavy (non-hydrogen) atoms. The molecular formula is C13H15Cl2FIN. The van der Waals surface area contributed by atoms with Gasteiger partial charge < -0.3 is 0 Å². The molecule has 0 aromatic heterocycles. The van der Waals surface area contributed by atoms with Gasteiger partial charge in [0, 0.05) is 12.0 Å². The first-order chi connectivity index (χ1) is 8.09. The van der Waals surface area contributed by atoms with Crippen molar-refractivity contribution in [2.75, 3.05) is 13.1 Å². The summed E-state index contributed by atoms with van der Waals surface area (Å²) in [4.78, 5) is 2.49. The van der Waals surface area contributed by atoms with Crippen molar-refractivity contribution in [3.63, 3.8) is 0 Å². The van der Waals surface area contributed by atoms with Gasteiger partial charge in [-0.15, -0.1) is 12.4 Å². The van der Waals surface area contributed by atoms with E-state index >= 15 is 0 Å². The largest absolute Gasteiger partial charge is 0.291 e. The van der Waals surface area contributed by atoms with Crippen molar-refractivity contribution in [2.24, 2.45) is 5.92 Å². The van der Waals surface area contributed by atoms with Crippen molar-refractivity contribution in [3.05, 3.63) is 34.6 Å². The summed E-state index contributed by atoms with van der Waals surface area (Å²) in [5.41, 5.74) is 1.44. The summed E-state index contributed by atoms with van der Waals surface area (Å²) in [5.74, 6) is 0.408. The Balaban J connectivity index is 0.00000120. The van der Waals surface area contributed by atoms with E-state index in [0.29, 0.717) is 4.05 Å². The van der Waals surface area contributed by atoms with Crippen LogP contribution < -0.4 is 0 Å². The SMILES string of the molecule is CCN1CC2CC2(c2ccc(F)c(Cl)c2)C1I.Cl. The lowest BCUT2D eigenvalue weighted by Crippen LogP contribution is -2.33. The Bertz CT molecular complexity index is 470.